The molecule has 2 aromatic rings. The van der Waals surface area contributed by atoms with Crippen molar-refractivity contribution in [2.24, 2.45) is 0 Å². The number of para-hydroxylation sites is 1. The molecule has 1 N–H and O–H groups in total. The molecule has 29 heavy (non-hydrogen) atoms. The summed E-state index contributed by atoms with van der Waals surface area (Å²) >= 11 is 0. The molecule has 0 aliphatic carbocycles. The Balaban J connectivity index is 1.25. The smallest absolute Gasteiger partial charge is 0.270 e. The second-order valence-electron chi connectivity index (χ2n) is 7.44. The van der Waals surface area contributed by atoms with Crippen LogP contribution in [0.4, 0.5) is 0 Å². The highest BCUT2D eigenvalue weighted by Crippen LogP contribution is 2.17. The molecule has 0 spiro atoms. The summed E-state index contributed by atoms with van der Waals surface area (Å²) in [6.45, 7) is 4.31. The Labute approximate surface area is 169 Å². The topological polar surface area (TPSA) is 86.0 Å². The van der Waals surface area contributed by atoms with E-state index in [1.54, 1.807) is 14.7 Å². The third-order valence-corrected chi connectivity index (χ3v) is 5.60. The molecule has 8 nitrogen and oxygen atoms in total. The van der Waals surface area contributed by atoms with Gasteiger partial charge in [0.2, 0.25) is 11.8 Å². The minimum absolute atomic E-state index is 0.00859. The van der Waals surface area contributed by atoms with Crippen LogP contribution < -0.4 is 0 Å². The van der Waals surface area contributed by atoms with Gasteiger partial charge in [0.05, 0.1) is 13.2 Å². The molecule has 0 saturated carbocycles. The fraction of sp³-hybridized carbons (Fsp3) is 0.476. The van der Waals surface area contributed by atoms with Crippen LogP contribution in [0.25, 0.3) is 10.9 Å². The number of hydrogen-bond donors (Lipinski definition) is 1. The van der Waals surface area contributed by atoms with E-state index in [-0.39, 0.29) is 30.6 Å². The van der Waals surface area contributed by atoms with Gasteiger partial charge < -0.3 is 24.4 Å². The zero-order chi connectivity index (χ0) is 20.2. The first-order valence-electron chi connectivity index (χ1n) is 10.1. The molecule has 8 heteroatoms. The number of H-pyrrole nitrogens is 1. The number of benzene rings is 1. The molecule has 154 valence electrons. The number of hydrogen-bond acceptors (Lipinski definition) is 4. The first kappa shape index (κ1) is 19.4. The van der Waals surface area contributed by atoms with E-state index in [9.17, 15) is 14.4 Å². The van der Waals surface area contributed by atoms with Gasteiger partial charge in [0.25, 0.3) is 5.91 Å². The molecule has 2 fully saturated rings. The number of amides is 3. The van der Waals surface area contributed by atoms with Crippen molar-refractivity contribution in [1.82, 2.24) is 19.7 Å². The molecule has 4 rings (SSSR count). The van der Waals surface area contributed by atoms with Crippen LogP contribution in [0.5, 0.6) is 0 Å². The van der Waals surface area contributed by atoms with Gasteiger partial charge in [0.15, 0.2) is 0 Å². The van der Waals surface area contributed by atoms with Crippen LogP contribution in [0.3, 0.4) is 0 Å². The van der Waals surface area contributed by atoms with Crippen LogP contribution in [-0.2, 0) is 14.3 Å². The number of fused-ring (bicyclic) bond motifs is 1. The molecule has 1 aromatic heterocycles. The molecule has 0 bridgehead atoms. The maximum absolute atomic E-state index is 12.8. The lowest BCUT2D eigenvalue weighted by Crippen LogP contribution is -2.50. The summed E-state index contributed by atoms with van der Waals surface area (Å²) in [5.41, 5.74) is 1.51. The van der Waals surface area contributed by atoms with Crippen molar-refractivity contribution >= 4 is 28.6 Å². The number of nitrogens with zero attached hydrogens (tertiary/aromatic N) is 3. The van der Waals surface area contributed by atoms with Crippen molar-refractivity contribution in [2.45, 2.75) is 12.8 Å². The summed E-state index contributed by atoms with van der Waals surface area (Å²) in [5.74, 6) is -0.0608. The van der Waals surface area contributed by atoms with Crippen molar-refractivity contribution < 1.29 is 19.1 Å². The summed E-state index contributed by atoms with van der Waals surface area (Å²) in [6.07, 6.45) is 0.444. The van der Waals surface area contributed by atoms with E-state index in [0.717, 1.165) is 10.9 Å². The van der Waals surface area contributed by atoms with Crippen LogP contribution in [0.1, 0.15) is 23.3 Å². The van der Waals surface area contributed by atoms with Gasteiger partial charge >= 0.3 is 0 Å². The Hall–Kier alpha value is -2.87. The predicted molar refractivity (Wildman–Crippen MR) is 107 cm³/mol. The van der Waals surface area contributed by atoms with E-state index in [2.05, 4.69) is 4.98 Å². The van der Waals surface area contributed by atoms with E-state index in [1.807, 2.05) is 30.3 Å². The summed E-state index contributed by atoms with van der Waals surface area (Å²) in [6, 6.07) is 9.66. The number of carbonyl (C=O) groups excluding carboxylic acids is 3. The Morgan fingerprint density at radius 2 is 1.41 bits per heavy atom. The van der Waals surface area contributed by atoms with Gasteiger partial charge in [-0.25, -0.2) is 0 Å². The molecule has 2 saturated heterocycles. The van der Waals surface area contributed by atoms with Crippen LogP contribution >= 0.6 is 0 Å². The quantitative estimate of drug-likeness (QED) is 0.836. The lowest BCUT2D eigenvalue weighted by molar-refractivity contribution is -0.140. The minimum Gasteiger partial charge on any atom is -0.378 e. The number of ether oxygens (including phenoxy) is 1. The number of nitrogens with one attached hydrogen (secondary N) is 1. The van der Waals surface area contributed by atoms with Crippen LogP contribution in [0, 0.1) is 0 Å². The third-order valence-electron chi connectivity index (χ3n) is 5.60. The number of morpholine rings is 1. The summed E-state index contributed by atoms with van der Waals surface area (Å²) in [7, 11) is 0. The van der Waals surface area contributed by atoms with Crippen molar-refractivity contribution in [3.8, 4) is 0 Å². The van der Waals surface area contributed by atoms with E-state index in [4.69, 9.17) is 4.74 Å². The standard InChI is InChI=1S/C21H26N4O4/c26-19(5-6-20(27)24-11-13-29-14-12-24)23-7-9-25(10-8-23)21(28)18-15-16-3-1-2-4-17(16)22-18/h1-4,15,22H,5-14H2. The van der Waals surface area contributed by atoms with Gasteiger partial charge in [-0.15, -0.1) is 0 Å². The third kappa shape index (κ3) is 4.42. The Bertz CT molecular complexity index is 862. The van der Waals surface area contributed by atoms with Crippen molar-refractivity contribution in [3.05, 3.63) is 36.0 Å². The van der Waals surface area contributed by atoms with Gasteiger partial charge in [-0.2, -0.15) is 0 Å². The zero-order valence-corrected chi connectivity index (χ0v) is 16.4. The molecular formula is C21H26N4O4. The number of carbonyl (C=O) groups is 3. The van der Waals surface area contributed by atoms with Crippen molar-refractivity contribution in [1.29, 1.82) is 0 Å². The predicted octanol–water partition coefficient (Wildman–Crippen LogP) is 1.09. The van der Waals surface area contributed by atoms with Crippen LogP contribution in [0.15, 0.2) is 30.3 Å². The lowest BCUT2D eigenvalue weighted by atomic mass is 10.2. The van der Waals surface area contributed by atoms with Gasteiger partial charge in [0.1, 0.15) is 5.69 Å². The fourth-order valence-electron chi connectivity index (χ4n) is 3.86. The molecule has 1 aromatic carbocycles. The second kappa shape index (κ2) is 8.65. The normalized spacial score (nSPS) is 17.6. The Morgan fingerprint density at radius 1 is 0.828 bits per heavy atom. The monoisotopic (exact) mass is 398 g/mol. The number of rotatable bonds is 4. The summed E-state index contributed by atoms with van der Waals surface area (Å²) < 4.78 is 5.25. The van der Waals surface area contributed by atoms with E-state index in [1.165, 1.54) is 0 Å². The molecule has 0 radical (unpaired) electrons. The lowest BCUT2D eigenvalue weighted by Gasteiger charge is -2.34. The van der Waals surface area contributed by atoms with Gasteiger partial charge in [-0.05, 0) is 12.1 Å². The maximum atomic E-state index is 12.8. The second-order valence-corrected chi connectivity index (χ2v) is 7.44. The first-order chi connectivity index (χ1) is 14.1. The maximum Gasteiger partial charge on any atom is 0.270 e. The average Bonchev–Trinajstić information content (AvgIpc) is 3.22. The average molecular weight is 398 g/mol. The molecule has 2 aliphatic rings. The fourth-order valence-corrected chi connectivity index (χ4v) is 3.86. The number of piperazine rings is 1. The summed E-state index contributed by atoms with van der Waals surface area (Å²) in [4.78, 5) is 45.9. The highest BCUT2D eigenvalue weighted by Gasteiger charge is 2.26. The van der Waals surface area contributed by atoms with Crippen LogP contribution in [0.2, 0.25) is 0 Å². The molecule has 2 aliphatic heterocycles. The largest absolute Gasteiger partial charge is 0.378 e. The molecule has 0 unspecified atom stereocenters. The Morgan fingerprint density at radius 3 is 2.07 bits per heavy atom. The van der Waals surface area contributed by atoms with E-state index < -0.39 is 0 Å². The number of aromatic nitrogens is 1. The van der Waals surface area contributed by atoms with E-state index >= 15 is 0 Å². The van der Waals surface area contributed by atoms with Gasteiger partial charge in [-0.3, -0.25) is 14.4 Å². The molecule has 3 amide bonds. The van der Waals surface area contributed by atoms with Crippen LogP contribution in [-0.4, -0.2) is 89.9 Å². The van der Waals surface area contributed by atoms with E-state index in [0.29, 0.717) is 58.2 Å². The highest BCUT2D eigenvalue weighted by atomic mass is 16.5. The molecule has 0 atom stereocenters. The molecular weight excluding hydrogens is 372 g/mol. The SMILES string of the molecule is O=C(CCC(=O)N1CCN(C(=O)c2cc3ccccc3[nH]2)CC1)N1CCOCC1. The minimum atomic E-state index is -0.0456. The summed E-state index contributed by atoms with van der Waals surface area (Å²) in [5, 5.41) is 1.01. The molecule has 3 heterocycles. The van der Waals surface area contributed by atoms with Crippen molar-refractivity contribution in [2.75, 3.05) is 52.5 Å². The van der Waals surface area contributed by atoms with Gasteiger partial charge in [-0.1, -0.05) is 18.2 Å². The Kier molecular flexibility index (Phi) is 5.80. The zero-order valence-electron chi connectivity index (χ0n) is 16.4. The number of aromatic amines is 1. The van der Waals surface area contributed by atoms with Gasteiger partial charge in [0, 0.05) is 63.0 Å². The van der Waals surface area contributed by atoms with Crippen molar-refractivity contribution in [3.63, 3.8) is 0 Å². The highest BCUT2D eigenvalue weighted by molar-refractivity contribution is 5.98. The first-order valence-corrected chi connectivity index (χ1v) is 10.1.